The molecule has 0 unspecified atom stereocenters. The van der Waals surface area contributed by atoms with Crippen LogP contribution in [0.2, 0.25) is 0 Å². The molecular formula is C29H48O2. The molecule has 0 amide bonds. The van der Waals surface area contributed by atoms with E-state index in [1.807, 2.05) is 7.11 Å². The molecule has 0 saturated heterocycles. The van der Waals surface area contributed by atoms with Gasteiger partial charge in [-0.25, -0.2) is 0 Å². The second-order valence-corrected chi connectivity index (χ2v) is 12.6. The Labute approximate surface area is 191 Å². The Kier molecular flexibility index (Phi) is 6.56. The number of allylic oxidation sites excluding steroid dienone is 3. The van der Waals surface area contributed by atoms with Gasteiger partial charge in [-0.1, -0.05) is 65.3 Å². The largest absolute Gasteiger partial charge is 0.392 e. The number of ether oxygens (including phenoxy) is 1. The van der Waals surface area contributed by atoms with Crippen molar-refractivity contribution in [2.45, 2.75) is 98.7 Å². The summed E-state index contributed by atoms with van der Waals surface area (Å²) in [4.78, 5) is 0. The van der Waals surface area contributed by atoms with Crippen LogP contribution in [0.15, 0.2) is 23.8 Å². The summed E-state index contributed by atoms with van der Waals surface area (Å²) in [5, 5.41) is 11.6. The van der Waals surface area contributed by atoms with Gasteiger partial charge in [-0.15, -0.1) is 0 Å². The van der Waals surface area contributed by atoms with Crippen LogP contribution < -0.4 is 0 Å². The van der Waals surface area contributed by atoms with Gasteiger partial charge in [0.1, 0.15) is 0 Å². The van der Waals surface area contributed by atoms with E-state index in [2.05, 4.69) is 59.8 Å². The maximum atomic E-state index is 11.6. The van der Waals surface area contributed by atoms with Crippen molar-refractivity contribution in [1.82, 2.24) is 0 Å². The molecule has 176 valence electrons. The molecule has 2 heteroatoms. The first kappa shape index (κ1) is 23.6. The molecule has 0 radical (unpaired) electrons. The first-order valence-electron chi connectivity index (χ1n) is 13.2. The Bertz CT molecular complexity index is 708. The summed E-state index contributed by atoms with van der Waals surface area (Å²) in [6, 6.07) is 0. The van der Waals surface area contributed by atoms with Gasteiger partial charge in [-0.05, 0) is 91.3 Å². The summed E-state index contributed by atoms with van der Waals surface area (Å²) in [6.45, 7) is 14.4. The van der Waals surface area contributed by atoms with Crippen molar-refractivity contribution in [2.24, 2.45) is 52.3 Å². The third kappa shape index (κ3) is 3.88. The van der Waals surface area contributed by atoms with Gasteiger partial charge in [0, 0.05) is 13.0 Å². The minimum absolute atomic E-state index is 0.189. The van der Waals surface area contributed by atoms with Gasteiger partial charge in [-0.2, -0.15) is 0 Å². The fourth-order valence-electron chi connectivity index (χ4n) is 8.42. The van der Waals surface area contributed by atoms with Crippen LogP contribution in [-0.2, 0) is 4.74 Å². The zero-order valence-electron chi connectivity index (χ0n) is 21.2. The SMILES string of the molecule is CO[C@@H]1CC[C@@]2(C)[C@@H](CC=C3[C@@H]2[C@H](O)C[C@]2(C)[C@H]3CC[C@H]2[C@H](C)/C=C/[C@H](C)C(C)C)C1. The lowest BCUT2D eigenvalue weighted by atomic mass is 9.47. The minimum atomic E-state index is -0.189. The van der Waals surface area contributed by atoms with E-state index in [1.54, 1.807) is 5.57 Å². The lowest BCUT2D eigenvalue weighted by Gasteiger charge is -2.59. The Morgan fingerprint density at radius 3 is 2.48 bits per heavy atom. The molecule has 3 fully saturated rings. The summed E-state index contributed by atoms with van der Waals surface area (Å²) in [6.07, 6.45) is 16.1. The molecule has 4 aliphatic rings. The number of aliphatic hydroxyl groups is 1. The van der Waals surface area contributed by atoms with Gasteiger partial charge in [0.25, 0.3) is 0 Å². The number of fused-ring (bicyclic) bond motifs is 5. The van der Waals surface area contributed by atoms with Crippen molar-refractivity contribution in [2.75, 3.05) is 7.11 Å². The molecule has 0 spiro atoms. The Morgan fingerprint density at radius 1 is 1.06 bits per heavy atom. The lowest BCUT2D eigenvalue weighted by Crippen LogP contribution is -2.55. The van der Waals surface area contributed by atoms with Gasteiger partial charge in [0.05, 0.1) is 12.2 Å². The van der Waals surface area contributed by atoms with Gasteiger partial charge in [0.15, 0.2) is 0 Å². The maximum Gasteiger partial charge on any atom is 0.0616 e. The molecule has 0 aromatic heterocycles. The van der Waals surface area contributed by atoms with Crippen LogP contribution in [0.3, 0.4) is 0 Å². The second kappa shape index (κ2) is 8.64. The molecule has 31 heavy (non-hydrogen) atoms. The quantitative estimate of drug-likeness (QED) is 0.476. The van der Waals surface area contributed by atoms with Gasteiger partial charge in [0.2, 0.25) is 0 Å². The van der Waals surface area contributed by atoms with E-state index in [4.69, 9.17) is 4.74 Å². The van der Waals surface area contributed by atoms with E-state index in [9.17, 15) is 5.11 Å². The van der Waals surface area contributed by atoms with Gasteiger partial charge in [-0.3, -0.25) is 0 Å². The molecule has 3 saturated carbocycles. The summed E-state index contributed by atoms with van der Waals surface area (Å²) in [5.74, 6) is 4.30. The van der Waals surface area contributed by atoms with E-state index < -0.39 is 0 Å². The third-order valence-corrected chi connectivity index (χ3v) is 10.8. The topological polar surface area (TPSA) is 29.5 Å². The highest BCUT2D eigenvalue weighted by molar-refractivity contribution is 5.30. The highest BCUT2D eigenvalue weighted by atomic mass is 16.5. The normalized spacial score (nSPS) is 46.9. The van der Waals surface area contributed by atoms with Crippen LogP contribution in [0.4, 0.5) is 0 Å². The summed E-state index contributed by atoms with van der Waals surface area (Å²) in [5.41, 5.74) is 2.13. The third-order valence-electron chi connectivity index (χ3n) is 10.8. The van der Waals surface area contributed by atoms with Crippen molar-refractivity contribution in [3.8, 4) is 0 Å². The Hall–Kier alpha value is -0.600. The number of hydrogen-bond acceptors (Lipinski definition) is 2. The number of aliphatic hydroxyl groups excluding tert-OH is 1. The monoisotopic (exact) mass is 428 g/mol. The van der Waals surface area contributed by atoms with E-state index in [0.717, 1.165) is 12.8 Å². The molecule has 0 aliphatic heterocycles. The molecule has 1 N–H and O–H groups in total. The average molecular weight is 429 g/mol. The summed E-state index contributed by atoms with van der Waals surface area (Å²) >= 11 is 0. The predicted molar refractivity (Wildman–Crippen MR) is 130 cm³/mol. The molecule has 0 aromatic rings. The van der Waals surface area contributed by atoms with Crippen molar-refractivity contribution in [3.05, 3.63) is 23.8 Å². The van der Waals surface area contributed by atoms with Crippen LogP contribution in [0.5, 0.6) is 0 Å². The van der Waals surface area contributed by atoms with Gasteiger partial charge >= 0.3 is 0 Å². The molecule has 0 heterocycles. The highest BCUT2D eigenvalue weighted by Gasteiger charge is 2.61. The van der Waals surface area contributed by atoms with Crippen molar-refractivity contribution < 1.29 is 9.84 Å². The molecule has 10 atom stereocenters. The standard InChI is InChI=1S/C29H48O2/c1-18(2)19(3)8-9-20(4)24-12-13-25-23-11-10-21-16-22(31-7)14-15-28(21,5)27(23)26(30)17-29(24,25)6/h8-9,11,18-22,24-27,30H,10,12-17H2,1-7H3/b9-8+/t19-,20+,21-,22+,24-,25-,26+,27+,28-,29-/m0/s1. The van der Waals surface area contributed by atoms with Crippen LogP contribution >= 0.6 is 0 Å². The van der Waals surface area contributed by atoms with Crippen LogP contribution in [0, 0.1) is 52.3 Å². The minimum Gasteiger partial charge on any atom is -0.392 e. The molecule has 4 aliphatic carbocycles. The first-order valence-corrected chi connectivity index (χ1v) is 13.2. The van der Waals surface area contributed by atoms with E-state index >= 15 is 0 Å². The molecule has 0 aromatic carbocycles. The molecule has 2 nitrogen and oxygen atoms in total. The van der Waals surface area contributed by atoms with Crippen molar-refractivity contribution in [1.29, 1.82) is 0 Å². The Morgan fingerprint density at radius 2 is 1.81 bits per heavy atom. The van der Waals surface area contributed by atoms with E-state index in [-0.39, 0.29) is 16.9 Å². The zero-order chi connectivity index (χ0) is 22.6. The fraction of sp³-hybridized carbons (Fsp3) is 0.862. The van der Waals surface area contributed by atoms with E-state index in [1.165, 1.54) is 32.1 Å². The first-order chi connectivity index (χ1) is 14.6. The molecule has 0 bridgehead atoms. The predicted octanol–water partition coefficient (Wildman–Crippen LogP) is 7.04. The van der Waals surface area contributed by atoms with Crippen LogP contribution in [-0.4, -0.2) is 24.4 Å². The van der Waals surface area contributed by atoms with Crippen molar-refractivity contribution >= 4 is 0 Å². The highest BCUT2D eigenvalue weighted by Crippen LogP contribution is 2.66. The summed E-state index contributed by atoms with van der Waals surface area (Å²) in [7, 11) is 1.87. The maximum absolute atomic E-state index is 11.6. The smallest absolute Gasteiger partial charge is 0.0616 e. The number of rotatable bonds is 5. The molecule has 4 rings (SSSR count). The molecular weight excluding hydrogens is 380 g/mol. The number of hydrogen-bond donors (Lipinski definition) is 1. The van der Waals surface area contributed by atoms with Crippen LogP contribution in [0.25, 0.3) is 0 Å². The second-order valence-electron chi connectivity index (χ2n) is 12.6. The van der Waals surface area contributed by atoms with Crippen molar-refractivity contribution in [3.63, 3.8) is 0 Å². The lowest BCUT2D eigenvalue weighted by molar-refractivity contribution is -0.103. The fourth-order valence-corrected chi connectivity index (χ4v) is 8.42. The zero-order valence-corrected chi connectivity index (χ0v) is 21.2. The van der Waals surface area contributed by atoms with Crippen LogP contribution in [0.1, 0.15) is 86.5 Å². The van der Waals surface area contributed by atoms with E-state index in [0.29, 0.717) is 47.5 Å². The average Bonchev–Trinajstić information content (AvgIpc) is 3.07. The Balaban J connectivity index is 1.58. The van der Waals surface area contributed by atoms with Gasteiger partial charge < -0.3 is 9.84 Å². The summed E-state index contributed by atoms with van der Waals surface area (Å²) < 4.78 is 5.74. The number of methoxy groups -OCH3 is 1.